The summed E-state index contributed by atoms with van der Waals surface area (Å²) in [4.78, 5) is 10.0. The first-order valence-electron chi connectivity index (χ1n) is 5.81. The highest BCUT2D eigenvalue weighted by Crippen LogP contribution is 2.16. The Bertz CT molecular complexity index is 354. The van der Waals surface area contributed by atoms with Gasteiger partial charge in [-0.15, -0.1) is 0 Å². The lowest BCUT2D eigenvalue weighted by Gasteiger charge is -2.07. The van der Waals surface area contributed by atoms with E-state index in [1.165, 1.54) is 12.1 Å². The summed E-state index contributed by atoms with van der Waals surface area (Å²) in [6, 6.07) is 6.06. The van der Waals surface area contributed by atoms with Crippen molar-refractivity contribution in [3.8, 4) is 5.75 Å². The molecule has 1 N–H and O–H groups in total. The molecule has 1 rings (SSSR count). The van der Waals surface area contributed by atoms with Crippen LogP contribution < -0.4 is 10.1 Å². The van der Waals surface area contributed by atoms with Crippen LogP contribution in [0.2, 0.25) is 0 Å². The van der Waals surface area contributed by atoms with Crippen molar-refractivity contribution in [1.29, 1.82) is 0 Å². The molecule has 6 nitrogen and oxygen atoms in total. The van der Waals surface area contributed by atoms with E-state index in [0.717, 1.165) is 26.1 Å². The Morgan fingerprint density at radius 2 is 1.94 bits per heavy atom. The predicted molar refractivity (Wildman–Crippen MR) is 68.0 cm³/mol. The third-order valence-corrected chi connectivity index (χ3v) is 2.30. The molecule has 0 aromatic heterocycles. The minimum Gasteiger partial charge on any atom is -0.492 e. The molecule has 0 fully saturated rings. The van der Waals surface area contributed by atoms with Crippen molar-refractivity contribution in [2.24, 2.45) is 0 Å². The van der Waals surface area contributed by atoms with Gasteiger partial charge in [0.1, 0.15) is 12.4 Å². The van der Waals surface area contributed by atoms with Crippen LogP contribution in [0.1, 0.15) is 6.42 Å². The molecule has 0 saturated carbocycles. The zero-order valence-electron chi connectivity index (χ0n) is 10.4. The summed E-state index contributed by atoms with van der Waals surface area (Å²) in [7, 11) is 1.68. The molecule has 6 heteroatoms. The van der Waals surface area contributed by atoms with Crippen LogP contribution in [0.4, 0.5) is 5.69 Å². The van der Waals surface area contributed by atoms with Crippen LogP contribution in [-0.2, 0) is 4.74 Å². The normalized spacial score (nSPS) is 10.3. The van der Waals surface area contributed by atoms with Gasteiger partial charge >= 0.3 is 0 Å². The van der Waals surface area contributed by atoms with Gasteiger partial charge < -0.3 is 14.8 Å². The zero-order valence-corrected chi connectivity index (χ0v) is 10.4. The van der Waals surface area contributed by atoms with Gasteiger partial charge in [0.15, 0.2) is 0 Å². The number of methoxy groups -OCH3 is 1. The van der Waals surface area contributed by atoms with Crippen LogP contribution in [0.3, 0.4) is 0 Å². The molecular weight excluding hydrogens is 236 g/mol. The summed E-state index contributed by atoms with van der Waals surface area (Å²) in [5.41, 5.74) is 0.0695. The summed E-state index contributed by atoms with van der Waals surface area (Å²) in [6.45, 7) is 2.90. The molecule has 0 spiro atoms. The molecule has 0 atom stereocenters. The van der Waals surface area contributed by atoms with E-state index >= 15 is 0 Å². The van der Waals surface area contributed by atoms with E-state index in [2.05, 4.69) is 5.32 Å². The highest BCUT2D eigenvalue weighted by molar-refractivity contribution is 5.35. The molecule has 0 heterocycles. The van der Waals surface area contributed by atoms with Crippen molar-refractivity contribution in [1.82, 2.24) is 5.32 Å². The molecule has 0 saturated heterocycles. The maximum absolute atomic E-state index is 10.4. The number of rotatable bonds is 9. The molecule has 1 aromatic rings. The molecular formula is C12H18N2O4. The summed E-state index contributed by atoms with van der Waals surface area (Å²) in [5.74, 6) is 0.638. The van der Waals surface area contributed by atoms with E-state index in [0.29, 0.717) is 12.4 Å². The summed E-state index contributed by atoms with van der Waals surface area (Å²) in [6.07, 6.45) is 0.966. The molecule has 100 valence electrons. The number of non-ortho nitro benzene ring substituents is 1. The van der Waals surface area contributed by atoms with E-state index in [4.69, 9.17) is 9.47 Å². The quantitative estimate of drug-likeness (QED) is 0.411. The largest absolute Gasteiger partial charge is 0.492 e. The van der Waals surface area contributed by atoms with Crippen molar-refractivity contribution >= 4 is 5.69 Å². The number of hydrogen-bond acceptors (Lipinski definition) is 5. The number of nitro benzene ring substituents is 1. The van der Waals surface area contributed by atoms with Gasteiger partial charge in [-0.05, 0) is 25.1 Å². The van der Waals surface area contributed by atoms with Crippen molar-refractivity contribution in [3.05, 3.63) is 34.4 Å². The standard InChI is InChI=1S/C12H18N2O4/c1-17-9-2-7-13-8-10-18-12-5-3-11(4-6-12)14(15)16/h3-6,13H,2,7-10H2,1H3. The van der Waals surface area contributed by atoms with Crippen molar-refractivity contribution in [2.45, 2.75) is 6.42 Å². The fourth-order valence-electron chi connectivity index (χ4n) is 1.37. The fraction of sp³-hybridized carbons (Fsp3) is 0.500. The molecule has 18 heavy (non-hydrogen) atoms. The second kappa shape index (κ2) is 8.43. The first-order chi connectivity index (χ1) is 8.74. The van der Waals surface area contributed by atoms with Gasteiger partial charge in [0, 0.05) is 32.4 Å². The van der Waals surface area contributed by atoms with E-state index in [9.17, 15) is 10.1 Å². The zero-order chi connectivity index (χ0) is 13.2. The van der Waals surface area contributed by atoms with Gasteiger partial charge in [0.05, 0.1) is 4.92 Å². The summed E-state index contributed by atoms with van der Waals surface area (Å²) >= 11 is 0. The highest BCUT2D eigenvalue weighted by atomic mass is 16.6. The first-order valence-corrected chi connectivity index (χ1v) is 5.81. The lowest BCUT2D eigenvalue weighted by molar-refractivity contribution is -0.384. The molecule has 0 unspecified atom stereocenters. The minimum atomic E-state index is -0.429. The number of nitro groups is 1. The number of hydrogen-bond donors (Lipinski definition) is 1. The molecule has 0 aliphatic rings. The Labute approximate surface area is 106 Å². The average Bonchev–Trinajstić information content (AvgIpc) is 2.38. The number of ether oxygens (including phenoxy) is 2. The second-order valence-corrected chi connectivity index (χ2v) is 3.70. The third kappa shape index (κ3) is 5.60. The molecule has 0 aliphatic heterocycles. The van der Waals surface area contributed by atoms with Gasteiger partial charge in [-0.3, -0.25) is 10.1 Å². The van der Waals surface area contributed by atoms with Crippen LogP contribution in [0.15, 0.2) is 24.3 Å². The SMILES string of the molecule is COCCCNCCOc1ccc([N+](=O)[O-])cc1. The molecule has 0 bridgehead atoms. The van der Waals surface area contributed by atoms with Crippen molar-refractivity contribution in [3.63, 3.8) is 0 Å². The Kier molecular flexibility index (Phi) is 6.75. The third-order valence-electron chi connectivity index (χ3n) is 2.30. The van der Waals surface area contributed by atoms with Crippen molar-refractivity contribution in [2.75, 3.05) is 33.4 Å². The van der Waals surface area contributed by atoms with Crippen LogP contribution in [0.25, 0.3) is 0 Å². The van der Waals surface area contributed by atoms with Gasteiger partial charge in [-0.1, -0.05) is 0 Å². The topological polar surface area (TPSA) is 73.6 Å². The van der Waals surface area contributed by atoms with E-state index < -0.39 is 4.92 Å². The van der Waals surface area contributed by atoms with Gasteiger partial charge in [-0.25, -0.2) is 0 Å². The average molecular weight is 254 g/mol. The van der Waals surface area contributed by atoms with Gasteiger partial charge in [-0.2, -0.15) is 0 Å². The Hall–Kier alpha value is -1.66. The monoisotopic (exact) mass is 254 g/mol. The smallest absolute Gasteiger partial charge is 0.269 e. The molecule has 0 radical (unpaired) electrons. The maximum Gasteiger partial charge on any atom is 0.269 e. The Morgan fingerprint density at radius 3 is 2.56 bits per heavy atom. The second-order valence-electron chi connectivity index (χ2n) is 3.70. The van der Waals surface area contributed by atoms with Crippen molar-refractivity contribution < 1.29 is 14.4 Å². The van der Waals surface area contributed by atoms with Gasteiger partial charge in [0.2, 0.25) is 0 Å². The predicted octanol–water partition coefficient (Wildman–Crippen LogP) is 1.60. The lowest BCUT2D eigenvalue weighted by atomic mass is 10.3. The summed E-state index contributed by atoms with van der Waals surface area (Å²) < 4.78 is 10.4. The van der Waals surface area contributed by atoms with Crippen LogP contribution >= 0.6 is 0 Å². The van der Waals surface area contributed by atoms with Crippen LogP contribution in [0.5, 0.6) is 5.75 Å². The molecule has 0 aliphatic carbocycles. The molecule has 0 amide bonds. The number of benzene rings is 1. The van der Waals surface area contributed by atoms with Crippen LogP contribution in [0, 0.1) is 10.1 Å². The minimum absolute atomic E-state index is 0.0695. The maximum atomic E-state index is 10.4. The lowest BCUT2D eigenvalue weighted by Crippen LogP contribution is -2.22. The Balaban J connectivity index is 2.14. The highest BCUT2D eigenvalue weighted by Gasteiger charge is 2.03. The molecule has 1 aromatic carbocycles. The van der Waals surface area contributed by atoms with Crippen LogP contribution in [-0.4, -0.2) is 38.3 Å². The van der Waals surface area contributed by atoms with E-state index in [1.54, 1.807) is 19.2 Å². The van der Waals surface area contributed by atoms with Gasteiger partial charge in [0.25, 0.3) is 5.69 Å². The van der Waals surface area contributed by atoms with E-state index in [1.807, 2.05) is 0 Å². The van der Waals surface area contributed by atoms with E-state index in [-0.39, 0.29) is 5.69 Å². The Morgan fingerprint density at radius 1 is 1.22 bits per heavy atom. The first kappa shape index (κ1) is 14.4. The number of nitrogens with zero attached hydrogens (tertiary/aromatic N) is 1. The number of nitrogens with one attached hydrogen (secondary N) is 1. The summed E-state index contributed by atoms with van der Waals surface area (Å²) in [5, 5.41) is 13.6. The fourth-order valence-corrected chi connectivity index (χ4v) is 1.37.